The van der Waals surface area contributed by atoms with Crippen molar-refractivity contribution in [1.82, 2.24) is 10.3 Å². The lowest BCUT2D eigenvalue weighted by molar-refractivity contribution is 0.0948. The van der Waals surface area contributed by atoms with Crippen LogP contribution < -0.4 is 10.6 Å². The van der Waals surface area contributed by atoms with E-state index in [1.165, 1.54) is 0 Å². The van der Waals surface area contributed by atoms with E-state index in [1.807, 2.05) is 12.1 Å². The first-order valence-corrected chi connectivity index (χ1v) is 8.71. The van der Waals surface area contributed by atoms with E-state index in [2.05, 4.69) is 38.5 Å². The van der Waals surface area contributed by atoms with E-state index in [9.17, 15) is 9.59 Å². The number of hydrogen-bond acceptors (Lipinski definition) is 3. The molecule has 0 radical (unpaired) electrons. The molecular formula is C18H20BrN3O2. The van der Waals surface area contributed by atoms with Crippen LogP contribution in [0.4, 0.5) is 5.69 Å². The van der Waals surface area contributed by atoms with Gasteiger partial charge in [0.05, 0.1) is 0 Å². The second-order valence-electron chi connectivity index (χ2n) is 5.33. The normalized spacial score (nSPS) is 10.2. The predicted octanol–water partition coefficient (Wildman–Crippen LogP) is 4.02. The maximum atomic E-state index is 12.3. The van der Waals surface area contributed by atoms with Crippen molar-refractivity contribution in [1.29, 1.82) is 0 Å². The van der Waals surface area contributed by atoms with Crippen LogP contribution in [0, 0.1) is 0 Å². The first-order chi connectivity index (χ1) is 11.6. The molecule has 0 aliphatic rings. The maximum Gasteiger partial charge on any atom is 0.274 e. The monoisotopic (exact) mass is 389 g/mol. The number of unbranched alkanes of at least 4 members (excludes halogenated alkanes) is 2. The highest BCUT2D eigenvalue weighted by atomic mass is 79.9. The molecule has 2 N–H and O–H groups in total. The van der Waals surface area contributed by atoms with Gasteiger partial charge in [0, 0.05) is 16.7 Å². The molecule has 0 unspecified atom stereocenters. The van der Waals surface area contributed by atoms with Gasteiger partial charge in [-0.1, -0.05) is 41.8 Å². The molecular weight excluding hydrogens is 370 g/mol. The summed E-state index contributed by atoms with van der Waals surface area (Å²) in [5.74, 6) is -0.609. The molecule has 6 heteroatoms. The van der Waals surface area contributed by atoms with Gasteiger partial charge in [0.1, 0.15) is 11.4 Å². The van der Waals surface area contributed by atoms with Crippen LogP contribution in [0.5, 0.6) is 0 Å². The fourth-order valence-electron chi connectivity index (χ4n) is 2.08. The molecule has 1 aromatic heterocycles. The highest BCUT2D eigenvalue weighted by Gasteiger charge is 2.12. The van der Waals surface area contributed by atoms with Crippen molar-refractivity contribution < 1.29 is 9.59 Å². The van der Waals surface area contributed by atoms with Gasteiger partial charge in [-0.25, -0.2) is 4.98 Å². The first kappa shape index (κ1) is 18.1. The molecule has 24 heavy (non-hydrogen) atoms. The molecule has 1 aromatic carbocycles. The van der Waals surface area contributed by atoms with E-state index in [4.69, 9.17) is 0 Å². The first-order valence-electron chi connectivity index (χ1n) is 7.92. The van der Waals surface area contributed by atoms with Gasteiger partial charge in [0.25, 0.3) is 11.8 Å². The molecule has 0 bridgehead atoms. The van der Waals surface area contributed by atoms with Crippen LogP contribution in [0.2, 0.25) is 0 Å². The van der Waals surface area contributed by atoms with E-state index in [0.717, 1.165) is 23.7 Å². The van der Waals surface area contributed by atoms with Crippen molar-refractivity contribution in [3.05, 3.63) is 58.3 Å². The number of benzene rings is 1. The third-order valence-corrected chi connectivity index (χ3v) is 3.91. The Morgan fingerprint density at radius 2 is 1.67 bits per heavy atom. The van der Waals surface area contributed by atoms with Crippen molar-refractivity contribution in [2.45, 2.75) is 26.2 Å². The predicted molar refractivity (Wildman–Crippen MR) is 98.2 cm³/mol. The van der Waals surface area contributed by atoms with Gasteiger partial charge in [0.15, 0.2) is 0 Å². The zero-order valence-electron chi connectivity index (χ0n) is 13.5. The molecule has 0 saturated heterocycles. The third kappa shape index (κ3) is 5.45. The molecule has 5 nitrogen and oxygen atoms in total. The minimum atomic E-state index is -0.349. The molecule has 2 amide bonds. The lowest BCUT2D eigenvalue weighted by Crippen LogP contribution is -2.26. The average Bonchev–Trinajstić information content (AvgIpc) is 2.60. The highest BCUT2D eigenvalue weighted by molar-refractivity contribution is 9.10. The lowest BCUT2D eigenvalue weighted by atomic mass is 10.2. The van der Waals surface area contributed by atoms with Crippen molar-refractivity contribution in [2.24, 2.45) is 0 Å². The number of nitrogens with zero attached hydrogens (tertiary/aromatic N) is 1. The largest absolute Gasteiger partial charge is 0.351 e. The van der Waals surface area contributed by atoms with Gasteiger partial charge < -0.3 is 10.6 Å². The minimum absolute atomic E-state index is 0.208. The number of hydrogen-bond donors (Lipinski definition) is 2. The Hall–Kier alpha value is -2.21. The molecule has 2 rings (SSSR count). The molecule has 2 aromatic rings. The van der Waals surface area contributed by atoms with Gasteiger partial charge >= 0.3 is 0 Å². The Kier molecular flexibility index (Phi) is 6.93. The maximum absolute atomic E-state index is 12.3. The van der Waals surface area contributed by atoms with Gasteiger partial charge in [-0.2, -0.15) is 0 Å². The molecule has 0 fully saturated rings. The van der Waals surface area contributed by atoms with Crippen molar-refractivity contribution >= 4 is 33.4 Å². The van der Waals surface area contributed by atoms with Crippen molar-refractivity contribution in [3.63, 3.8) is 0 Å². The summed E-state index contributed by atoms with van der Waals surface area (Å²) in [6.45, 7) is 2.72. The fourth-order valence-corrected chi connectivity index (χ4v) is 2.35. The van der Waals surface area contributed by atoms with Crippen molar-refractivity contribution in [3.8, 4) is 0 Å². The summed E-state index contributed by atoms with van der Waals surface area (Å²) in [5.41, 5.74) is 1.12. The third-order valence-electron chi connectivity index (χ3n) is 3.38. The smallest absolute Gasteiger partial charge is 0.274 e. The number of carbonyl (C=O) groups is 2. The molecule has 0 spiro atoms. The summed E-state index contributed by atoms with van der Waals surface area (Å²) < 4.78 is 0.931. The number of nitrogens with one attached hydrogen (secondary N) is 2. The molecule has 0 saturated carbocycles. The molecule has 0 atom stereocenters. The number of anilines is 1. The van der Waals surface area contributed by atoms with Crippen LogP contribution >= 0.6 is 15.9 Å². The van der Waals surface area contributed by atoms with Gasteiger partial charge in [-0.3, -0.25) is 9.59 Å². The van der Waals surface area contributed by atoms with Crippen LogP contribution in [0.15, 0.2) is 46.9 Å². The van der Waals surface area contributed by atoms with Crippen LogP contribution in [-0.2, 0) is 0 Å². The minimum Gasteiger partial charge on any atom is -0.351 e. The summed E-state index contributed by atoms with van der Waals surface area (Å²) >= 11 is 3.34. The molecule has 126 valence electrons. The number of halogens is 1. The molecule has 0 aliphatic heterocycles. The summed E-state index contributed by atoms with van der Waals surface area (Å²) in [4.78, 5) is 28.5. The zero-order valence-corrected chi connectivity index (χ0v) is 15.1. The molecule has 0 aliphatic carbocycles. The number of amides is 2. The van der Waals surface area contributed by atoms with Gasteiger partial charge in [0.2, 0.25) is 0 Å². The van der Waals surface area contributed by atoms with Crippen LogP contribution in [0.3, 0.4) is 0 Å². The van der Waals surface area contributed by atoms with Crippen molar-refractivity contribution in [2.75, 3.05) is 11.9 Å². The van der Waals surface area contributed by atoms with E-state index in [0.29, 0.717) is 12.2 Å². The quantitative estimate of drug-likeness (QED) is 0.702. The van der Waals surface area contributed by atoms with Crippen LogP contribution in [0.1, 0.15) is 47.2 Å². The van der Waals surface area contributed by atoms with Gasteiger partial charge in [-0.15, -0.1) is 0 Å². The fraction of sp³-hybridized carbons (Fsp3) is 0.278. The Bertz CT molecular complexity index is 702. The number of pyridine rings is 1. The number of rotatable bonds is 7. The zero-order chi connectivity index (χ0) is 17.4. The standard InChI is InChI=1S/C18H20BrN3O2/c1-2-3-4-12-20-17(23)15-6-5-7-16(22-15)18(24)21-14-10-8-13(19)9-11-14/h5-11H,2-4,12H2,1H3,(H,20,23)(H,21,24). The van der Waals surface area contributed by atoms with E-state index >= 15 is 0 Å². The van der Waals surface area contributed by atoms with E-state index < -0.39 is 0 Å². The SMILES string of the molecule is CCCCCNC(=O)c1cccc(C(=O)Nc2ccc(Br)cc2)n1. The second kappa shape index (κ2) is 9.17. The Labute approximate surface area is 150 Å². The topological polar surface area (TPSA) is 71.1 Å². The summed E-state index contributed by atoms with van der Waals surface area (Å²) in [7, 11) is 0. The molecule has 1 heterocycles. The summed E-state index contributed by atoms with van der Waals surface area (Å²) in [5, 5.41) is 5.57. The average molecular weight is 390 g/mol. The van der Waals surface area contributed by atoms with Gasteiger partial charge in [-0.05, 0) is 42.8 Å². The Morgan fingerprint density at radius 3 is 2.33 bits per heavy atom. The summed E-state index contributed by atoms with van der Waals surface area (Å²) in [6, 6.07) is 12.1. The Balaban J connectivity index is 1.99. The lowest BCUT2D eigenvalue weighted by Gasteiger charge is -2.07. The van der Waals surface area contributed by atoms with Crippen LogP contribution in [0.25, 0.3) is 0 Å². The Morgan fingerprint density at radius 1 is 1.00 bits per heavy atom. The number of aromatic nitrogens is 1. The van der Waals surface area contributed by atoms with E-state index in [-0.39, 0.29) is 23.2 Å². The van der Waals surface area contributed by atoms with Crippen LogP contribution in [-0.4, -0.2) is 23.3 Å². The highest BCUT2D eigenvalue weighted by Crippen LogP contribution is 2.14. The summed E-state index contributed by atoms with van der Waals surface area (Å²) in [6.07, 6.45) is 3.11. The second-order valence-corrected chi connectivity index (χ2v) is 6.25. The number of carbonyl (C=O) groups excluding carboxylic acids is 2. The van der Waals surface area contributed by atoms with E-state index in [1.54, 1.807) is 30.3 Å².